The van der Waals surface area contributed by atoms with Crippen molar-refractivity contribution in [3.05, 3.63) is 40.8 Å². The fourth-order valence-corrected chi connectivity index (χ4v) is 3.43. The molecule has 0 unspecified atom stereocenters. The molecule has 4 rings (SSSR count). The third kappa shape index (κ3) is 4.21. The highest BCUT2D eigenvalue weighted by atomic mass is 35.5. The lowest BCUT2D eigenvalue weighted by Crippen LogP contribution is -2.28. The minimum atomic E-state index is -0.198. The van der Waals surface area contributed by atoms with Gasteiger partial charge in [-0.15, -0.1) is 0 Å². The zero-order valence-corrected chi connectivity index (χ0v) is 15.9. The van der Waals surface area contributed by atoms with Crippen molar-refractivity contribution < 1.29 is 5.11 Å². The highest BCUT2D eigenvalue weighted by Crippen LogP contribution is 2.28. The van der Waals surface area contributed by atoms with E-state index in [0.717, 1.165) is 31.4 Å². The molecule has 1 aliphatic carbocycles. The van der Waals surface area contributed by atoms with Crippen LogP contribution in [0.3, 0.4) is 0 Å². The summed E-state index contributed by atoms with van der Waals surface area (Å²) in [5, 5.41) is 17.1. The van der Waals surface area contributed by atoms with Crippen molar-refractivity contribution >= 4 is 51.7 Å². The molecule has 3 N–H and O–H groups in total. The number of hydrogen-bond donors (Lipinski definition) is 3. The van der Waals surface area contributed by atoms with Gasteiger partial charge in [0.15, 0.2) is 5.82 Å². The Kier molecular flexibility index (Phi) is 5.24. The average Bonchev–Trinajstić information content (AvgIpc) is 2.67. The van der Waals surface area contributed by atoms with Crippen LogP contribution < -0.4 is 10.6 Å². The summed E-state index contributed by atoms with van der Waals surface area (Å²) in [4.78, 5) is 17.5. The number of nitrogens with one attached hydrogen (secondary N) is 2. The first-order valence-corrected chi connectivity index (χ1v) is 9.48. The fourth-order valence-electron chi connectivity index (χ4n) is 3.13. The van der Waals surface area contributed by atoms with E-state index in [4.69, 9.17) is 23.2 Å². The maximum atomic E-state index is 9.65. The maximum absolute atomic E-state index is 9.65. The SMILES string of the molecule is O[C@H]1CC[C@@H](Nc2ncc3ncnc(Nc4ccc(Cl)c(Cl)c4)c3n2)CC1. The van der Waals surface area contributed by atoms with Crippen LogP contribution in [-0.4, -0.2) is 37.2 Å². The second-order valence-corrected chi connectivity index (χ2v) is 7.37. The number of benzene rings is 1. The molecule has 0 atom stereocenters. The van der Waals surface area contributed by atoms with Gasteiger partial charge < -0.3 is 15.7 Å². The molecule has 0 spiro atoms. The summed E-state index contributed by atoms with van der Waals surface area (Å²) < 4.78 is 0. The van der Waals surface area contributed by atoms with E-state index in [-0.39, 0.29) is 12.1 Å². The second kappa shape index (κ2) is 7.80. The molecular weight excluding hydrogens is 387 g/mol. The molecule has 3 aromatic rings. The zero-order chi connectivity index (χ0) is 18.8. The number of aromatic nitrogens is 4. The molecule has 1 fully saturated rings. The topological polar surface area (TPSA) is 95.9 Å². The van der Waals surface area contributed by atoms with Crippen molar-refractivity contribution in [3.8, 4) is 0 Å². The summed E-state index contributed by atoms with van der Waals surface area (Å²) >= 11 is 12.1. The molecule has 2 aromatic heterocycles. The smallest absolute Gasteiger partial charge is 0.223 e. The predicted octanol–water partition coefficient (Wildman–Crippen LogP) is 4.19. The Morgan fingerprint density at radius 3 is 2.59 bits per heavy atom. The van der Waals surface area contributed by atoms with Gasteiger partial charge in [-0.3, -0.25) is 0 Å². The van der Waals surface area contributed by atoms with E-state index in [1.165, 1.54) is 6.33 Å². The first-order chi connectivity index (χ1) is 13.1. The Balaban J connectivity index is 1.60. The molecule has 0 bridgehead atoms. The molecular formula is C18H18Cl2N6O. The molecule has 9 heteroatoms. The maximum Gasteiger partial charge on any atom is 0.223 e. The number of anilines is 3. The van der Waals surface area contributed by atoms with Crippen LogP contribution in [0.15, 0.2) is 30.7 Å². The minimum Gasteiger partial charge on any atom is -0.393 e. The van der Waals surface area contributed by atoms with Gasteiger partial charge in [-0.05, 0) is 43.9 Å². The number of nitrogens with zero attached hydrogens (tertiary/aromatic N) is 4. The lowest BCUT2D eigenvalue weighted by molar-refractivity contribution is 0.126. The highest BCUT2D eigenvalue weighted by molar-refractivity contribution is 6.42. The average molecular weight is 405 g/mol. The molecule has 1 aromatic carbocycles. The van der Waals surface area contributed by atoms with Gasteiger partial charge in [-0.25, -0.2) is 19.9 Å². The van der Waals surface area contributed by atoms with E-state index in [9.17, 15) is 5.11 Å². The summed E-state index contributed by atoms with van der Waals surface area (Å²) in [6.07, 6.45) is 6.29. The Morgan fingerprint density at radius 1 is 1.00 bits per heavy atom. The van der Waals surface area contributed by atoms with E-state index >= 15 is 0 Å². The number of aliphatic hydroxyl groups excluding tert-OH is 1. The van der Waals surface area contributed by atoms with Crippen molar-refractivity contribution in [1.82, 2.24) is 19.9 Å². The van der Waals surface area contributed by atoms with Gasteiger partial charge in [0.2, 0.25) is 5.95 Å². The van der Waals surface area contributed by atoms with Gasteiger partial charge in [0.1, 0.15) is 17.4 Å². The van der Waals surface area contributed by atoms with Gasteiger partial charge in [0.05, 0.1) is 22.3 Å². The molecule has 0 saturated heterocycles. The molecule has 27 heavy (non-hydrogen) atoms. The molecule has 0 amide bonds. The quantitative estimate of drug-likeness (QED) is 0.599. The minimum absolute atomic E-state index is 0.198. The summed E-state index contributed by atoms with van der Waals surface area (Å²) in [7, 11) is 0. The molecule has 0 radical (unpaired) electrons. The first kappa shape index (κ1) is 18.2. The standard InChI is InChI=1S/C18H18Cl2N6O/c19-13-6-3-11(7-14(13)20)24-17-16-15(22-9-23-17)8-21-18(26-16)25-10-1-4-12(27)5-2-10/h3,6-10,12,27H,1-2,4-5H2,(H,21,25,26)(H,22,23,24)/t10-,12+. The number of fused-ring (bicyclic) bond motifs is 1. The molecule has 0 aliphatic heterocycles. The van der Waals surface area contributed by atoms with Gasteiger partial charge >= 0.3 is 0 Å². The fraction of sp³-hybridized carbons (Fsp3) is 0.333. The first-order valence-electron chi connectivity index (χ1n) is 8.73. The van der Waals surface area contributed by atoms with Crippen LogP contribution in [0.25, 0.3) is 11.0 Å². The van der Waals surface area contributed by atoms with Gasteiger partial charge in [-0.2, -0.15) is 0 Å². The van der Waals surface area contributed by atoms with Gasteiger partial charge in [0.25, 0.3) is 0 Å². The van der Waals surface area contributed by atoms with Crippen molar-refractivity contribution in [2.24, 2.45) is 0 Å². The molecule has 1 saturated carbocycles. The predicted molar refractivity (Wildman–Crippen MR) is 107 cm³/mol. The van der Waals surface area contributed by atoms with Crippen LogP contribution >= 0.6 is 23.2 Å². The van der Waals surface area contributed by atoms with Crippen molar-refractivity contribution in [3.63, 3.8) is 0 Å². The lowest BCUT2D eigenvalue weighted by atomic mass is 9.93. The van der Waals surface area contributed by atoms with Crippen LogP contribution in [0, 0.1) is 0 Å². The Labute approximate surface area is 166 Å². The number of hydrogen-bond acceptors (Lipinski definition) is 7. The normalized spacial score (nSPS) is 19.8. The Bertz CT molecular complexity index is 962. The van der Waals surface area contributed by atoms with Crippen LogP contribution in [0.1, 0.15) is 25.7 Å². The van der Waals surface area contributed by atoms with E-state index < -0.39 is 0 Å². The van der Waals surface area contributed by atoms with E-state index in [1.54, 1.807) is 18.3 Å². The summed E-state index contributed by atoms with van der Waals surface area (Å²) in [6, 6.07) is 5.51. The van der Waals surface area contributed by atoms with E-state index in [0.29, 0.717) is 32.8 Å². The molecule has 1 aliphatic rings. The third-order valence-electron chi connectivity index (χ3n) is 4.59. The van der Waals surface area contributed by atoms with Crippen LogP contribution in [0.5, 0.6) is 0 Å². The van der Waals surface area contributed by atoms with E-state index in [1.807, 2.05) is 6.07 Å². The third-order valence-corrected chi connectivity index (χ3v) is 5.33. The summed E-state index contributed by atoms with van der Waals surface area (Å²) in [5.41, 5.74) is 1.99. The van der Waals surface area contributed by atoms with Crippen molar-refractivity contribution in [2.75, 3.05) is 10.6 Å². The Hall–Kier alpha value is -2.22. The highest BCUT2D eigenvalue weighted by Gasteiger charge is 2.20. The van der Waals surface area contributed by atoms with E-state index in [2.05, 4.69) is 30.6 Å². The van der Waals surface area contributed by atoms with Gasteiger partial charge in [0, 0.05) is 11.7 Å². The van der Waals surface area contributed by atoms with Crippen LogP contribution in [0.2, 0.25) is 10.0 Å². The molecule has 140 valence electrons. The second-order valence-electron chi connectivity index (χ2n) is 6.55. The lowest BCUT2D eigenvalue weighted by Gasteiger charge is -2.26. The number of rotatable bonds is 4. The molecule has 2 heterocycles. The van der Waals surface area contributed by atoms with Crippen LogP contribution in [0.4, 0.5) is 17.5 Å². The van der Waals surface area contributed by atoms with Crippen molar-refractivity contribution in [1.29, 1.82) is 0 Å². The largest absolute Gasteiger partial charge is 0.393 e. The monoisotopic (exact) mass is 404 g/mol. The summed E-state index contributed by atoms with van der Waals surface area (Å²) in [6.45, 7) is 0. The summed E-state index contributed by atoms with van der Waals surface area (Å²) in [5.74, 6) is 1.08. The van der Waals surface area contributed by atoms with Gasteiger partial charge in [-0.1, -0.05) is 23.2 Å². The van der Waals surface area contributed by atoms with Crippen molar-refractivity contribution in [2.45, 2.75) is 37.8 Å². The van der Waals surface area contributed by atoms with Crippen LogP contribution in [-0.2, 0) is 0 Å². The molecule has 7 nitrogen and oxygen atoms in total. The number of aliphatic hydroxyl groups is 1. The number of halogens is 2. The Morgan fingerprint density at radius 2 is 1.81 bits per heavy atom. The zero-order valence-electron chi connectivity index (χ0n) is 14.4.